The molecule has 0 nitrogen and oxygen atoms in total. The monoisotopic (exact) mass is 584 g/mol. The quantitative estimate of drug-likeness (QED) is 0.301. The molecule has 0 spiro atoms. The van der Waals surface area contributed by atoms with Gasteiger partial charge in [-0.25, -0.2) is 24.3 Å². The van der Waals surface area contributed by atoms with E-state index in [2.05, 4.69) is 26.7 Å². The summed E-state index contributed by atoms with van der Waals surface area (Å²) in [6.45, 7) is 9.59. The molecule has 2 rings (SSSR count). The van der Waals surface area contributed by atoms with Crippen molar-refractivity contribution in [2.75, 3.05) is 39.0 Å². The Bertz CT molecular complexity index is 266. The Balaban J connectivity index is 0. The third-order valence-corrected chi connectivity index (χ3v) is 5.24. The zero-order chi connectivity index (χ0) is 16.3. The van der Waals surface area contributed by atoms with Crippen molar-refractivity contribution < 1.29 is 32.8 Å². The topological polar surface area (TPSA) is 0 Å². The zero-order valence-electron chi connectivity index (χ0n) is 13.4. The molecule has 0 heterocycles. The molecule has 0 aliphatic carbocycles. The fourth-order valence-electron chi connectivity index (χ4n) is 1.14. The summed E-state index contributed by atoms with van der Waals surface area (Å²) in [5.74, 6) is 9.95. The van der Waals surface area contributed by atoms with Crippen LogP contribution in [0.1, 0.15) is 0 Å². The molecule has 21 heavy (non-hydrogen) atoms. The fraction of sp³-hybridized carbons (Fsp3) is 0.375. The van der Waals surface area contributed by atoms with Gasteiger partial charge in [0.25, 0.3) is 0 Å². The molecular weight excluding hydrogens is 557 g/mol. The van der Waals surface area contributed by atoms with Crippen LogP contribution >= 0.6 is 27.8 Å². The van der Waals surface area contributed by atoms with E-state index in [1.54, 1.807) is 0 Å². The zero-order valence-corrected chi connectivity index (χ0v) is 21.1. The van der Waals surface area contributed by atoms with Crippen LogP contribution in [0.2, 0.25) is 0 Å². The summed E-state index contributed by atoms with van der Waals surface area (Å²) in [6, 6.07) is 20.0. The van der Waals surface area contributed by atoms with E-state index in [9.17, 15) is 0 Å². The Labute approximate surface area is 158 Å². The molecule has 120 valence electrons. The molecule has 0 aromatic heterocycles. The maximum absolute atomic E-state index is 4.97. The van der Waals surface area contributed by atoms with Gasteiger partial charge in [0, 0.05) is 26.7 Å². The van der Waals surface area contributed by atoms with Crippen LogP contribution in [0.3, 0.4) is 0 Å². The van der Waals surface area contributed by atoms with Crippen molar-refractivity contribution in [2.45, 2.75) is 0 Å². The fourth-order valence-corrected chi connectivity index (χ4v) is 5.14. The van der Waals surface area contributed by atoms with Gasteiger partial charge in [-0.05, 0) is 15.8 Å². The van der Waals surface area contributed by atoms with Gasteiger partial charge in [-0.3, -0.25) is 0 Å². The average Bonchev–Trinajstić information content (AvgIpc) is 3.14. The first-order valence-corrected chi connectivity index (χ1v) is 22.4. The molecule has 0 atom stereocenters. The predicted octanol–water partition coefficient (Wildman–Crippen LogP) is 6.12. The van der Waals surface area contributed by atoms with Crippen molar-refractivity contribution in [3.8, 4) is 0 Å². The van der Waals surface area contributed by atoms with E-state index < -0.39 is 32.8 Å². The van der Waals surface area contributed by atoms with Gasteiger partial charge in [-0.1, -0.05) is 0 Å². The molecule has 0 unspecified atom stereocenters. The Morgan fingerprint density at radius 1 is 0.714 bits per heavy atom. The third-order valence-electron chi connectivity index (χ3n) is 2.24. The van der Waals surface area contributed by atoms with Crippen LogP contribution in [0.15, 0.2) is 60.7 Å². The molecule has 0 bridgehead atoms. The van der Waals surface area contributed by atoms with Crippen molar-refractivity contribution in [1.82, 2.24) is 0 Å². The maximum Gasteiger partial charge on any atom is -0.172 e. The van der Waals surface area contributed by atoms with Gasteiger partial charge in [0.15, 0.2) is 0 Å². The van der Waals surface area contributed by atoms with E-state index in [0.29, 0.717) is 0 Å². The SMILES string of the molecule is C[PH+](C)CC[PH+](C)C.[Cl][Th][Cl].c1cc[cH-]c1.c1cc[cH-]c1. The van der Waals surface area contributed by atoms with E-state index in [0.717, 1.165) is 0 Å². The molecule has 0 fully saturated rings. The normalized spacial score (nSPS) is 8.57. The second-order valence-corrected chi connectivity index (χ2v) is 16.6. The van der Waals surface area contributed by atoms with Gasteiger partial charge >= 0.3 is 44.7 Å². The minimum atomic E-state index is -1.06. The first-order valence-electron chi connectivity index (χ1n) is 6.92. The minimum absolute atomic E-state index is 0.0957. The van der Waals surface area contributed by atoms with Crippen molar-refractivity contribution >= 4 is 27.8 Å². The largest absolute Gasteiger partial charge is 0.214 e. The van der Waals surface area contributed by atoms with Crippen molar-refractivity contribution in [3.63, 3.8) is 0 Å². The number of halogens is 2. The molecule has 0 amide bonds. The summed E-state index contributed by atoms with van der Waals surface area (Å²) < 4.78 is 0. The van der Waals surface area contributed by atoms with Gasteiger partial charge in [-0.2, -0.15) is 36.4 Å². The molecule has 0 saturated carbocycles. The molecule has 2 aromatic carbocycles. The smallest absolute Gasteiger partial charge is 0.172 e. The van der Waals surface area contributed by atoms with Crippen molar-refractivity contribution in [1.29, 1.82) is 0 Å². The molecule has 2 aromatic rings. The second kappa shape index (κ2) is 21.5. The van der Waals surface area contributed by atoms with Gasteiger partial charge in [0.05, 0.1) is 12.3 Å². The summed E-state index contributed by atoms with van der Waals surface area (Å²) in [4.78, 5) is 0. The van der Waals surface area contributed by atoms with Crippen LogP contribution in [0.25, 0.3) is 0 Å². The van der Waals surface area contributed by atoms with Gasteiger partial charge in [-0.15, -0.1) is 0 Å². The summed E-state index contributed by atoms with van der Waals surface area (Å²) in [5.41, 5.74) is 0. The molecule has 0 aliphatic rings. The van der Waals surface area contributed by atoms with Crippen molar-refractivity contribution in [2.24, 2.45) is 0 Å². The van der Waals surface area contributed by atoms with Crippen LogP contribution in [-0.4, -0.2) is 39.0 Å². The molecule has 0 N–H and O–H groups in total. The standard InChI is InChI=1S/C6H16P2.2C5H5.2ClH.Th/c1-7(2)5-6-8(3)4;2*1-2-4-5-3-1;;;/h5-6H2,1-4H3;2*1-5H;2*1H;/q;2*-1;;;+2. The van der Waals surface area contributed by atoms with E-state index in [-0.39, 0.29) is 15.8 Å². The predicted molar refractivity (Wildman–Crippen MR) is 106 cm³/mol. The summed E-state index contributed by atoms with van der Waals surface area (Å²) >= 11 is -1.06. The first-order chi connectivity index (χ1) is 10.0. The van der Waals surface area contributed by atoms with E-state index in [1.807, 2.05) is 60.7 Å². The summed E-state index contributed by atoms with van der Waals surface area (Å²) in [7, 11) is 0.191. The molecule has 0 aliphatic heterocycles. The van der Waals surface area contributed by atoms with Crippen LogP contribution in [0.4, 0.5) is 0 Å². The van der Waals surface area contributed by atoms with Gasteiger partial charge in [0.2, 0.25) is 0 Å². The van der Waals surface area contributed by atoms with Gasteiger partial charge in [0.1, 0.15) is 0 Å². The maximum atomic E-state index is 4.97. The average molecular weight is 585 g/mol. The van der Waals surface area contributed by atoms with Crippen LogP contribution in [-0.2, 0) is 0 Å². The van der Waals surface area contributed by atoms with Crippen molar-refractivity contribution in [3.05, 3.63) is 60.7 Å². The summed E-state index contributed by atoms with van der Waals surface area (Å²) in [6.07, 6.45) is 3.07. The molecular formula is C16H28Cl2P2Th. The Hall–Kier alpha value is 1.46. The molecule has 0 saturated heterocycles. The molecule has 5 heteroatoms. The van der Waals surface area contributed by atoms with Crippen LogP contribution in [0.5, 0.6) is 0 Å². The first kappa shape index (κ1) is 24.7. The van der Waals surface area contributed by atoms with Crippen LogP contribution < -0.4 is 0 Å². The van der Waals surface area contributed by atoms with Crippen LogP contribution in [0, 0.1) is 32.8 Å². The van der Waals surface area contributed by atoms with E-state index in [4.69, 9.17) is 11.9 Å². The Morgan fingerprint density at radius 3 is 1.05 bits per heavy atom. The second-order valence-electron chi connectivity index (χ2n) is 4.91. The Morgan fingerprint density at radius 2 is 0.952 bits per heavy atom. The van der Waals surface area contributed by atoms with Gasteiger partial charge < -0.3 is 0 Å². The van der Waals surface area contributed by atoms with E-state index in [1.165, 1.54) is 12.3 Å². The third kappa shape index (κ3) is 30.0. The van der Waals surface area contributed by atoms with E-state index >= 15 is 0 Å². The number of hydrogen-bond donors (Lipinski definition) is 0. The molecule has 0 radical (unpaired) electrons. The number of rotatable bonds is 3. The minimum Gasteiger partial charge on any atom is -0.214 e. The summed E-state index contributed by atoms with van der Waals surface area (Å²) in [5, 5.41) is 0. The number of hydrogen-bond acceptors (Lipinski definition) is 0. The Kier molecular flexibility index (Phi) is 25.3.